The molecule has 0 aliphatic rings. The average molecular weight is 588 g/mol. The third kappa shape index (κ3) is 3.54. The van der Waals surface area contributed by atoms with Gasteiger partial charge in [-0.25, -0.2) is 15.0 Å². The molecular weight excluding hydrogens is 562 g/mol. The highest BCUT2D eigenvalue weighted by Crippen LogP contribution is 2.39. The summed E-state index contributed by atoms with van der Waals surface area (Å²) in [5.41, 5.74) is 10.4. The molecule has 6 aromatic carbocycles. The minimum atomic E-state index is 0.619. The SMILES string of the molecule is c1ccc(-c2cccc(-c3ccnc(-n4c5ccccc5c5ccc6c(nc7c8ccccc8c8ccccc8n67)c54)n3)c2)cc1. The van der Waals surface area contributed by atoms with Gasteiger partial charge in [0.25, 0.3) is 0 Å². The van der Waals surface area contributed by atoms with E-state index >= 15 is 0 Å². The maximum Gasteiger partial charge on any atom is 0.235 e. The van der Waals surface area contributed by atoms with Crippen molar-refractivity contribution >= 4 is 60.2 Å². The van der Waals surface area contributed by atoms with Crippen LogP contribution in [0.1, 0.15) is 0 Å². The zero-order valence-corrected chi connectivity index (χ0v) is 24.7. The van der Waals surface area contributed by atoms with Crippen molar-refractivity contribution in [1.29, 1.82) is 0 Å². The summed E-state index contributed by atoms with van der Waals surface area (Å²) in [6, 6.07) is 51.0. The van der Waals surface area contributed by atoms with Crippen molar-refractivity contribution in [3.05, 3.63) is 152 Å². The molecule has 0 fully saturated rings. The molecule has 5 nitrogen and oxygen atoms in total. The second-order valence-electron chi connectivity index (χ2n) is 11.7. The molecule has 0 atom stereocenters. The van der Waals surface area contributed by atoms with Crippen LogP contribution in [0.15, 0.2) is 152 Å². The van der Waals surface area contributed by atoms with Crippen LogP contribution in [-0.2, 0) is 0 Å². The monoisotopic (exact) mass is 587 g/mol. The van der Waals surface area contributed by atoms with Gasteiger partial charge in [-0.3, -0.25) is 8.97 Å². The summed E-state index contributed by atoms with van der Waals surface area (Å²) in [5, 5.41) is 5.81. The number of fused-ring (bicyclic) bond motifs is 12. The maximum atomic E-state index is 5.42. The molecule has 4 heterocycles. The van der Waals surface area contributed by atoms with Gasteiger partial charge in [-0.15, -0.1) is 0 Å². The molecule has 10 rings (SSSR count). The summed E-state index contributed by atoms with van der Waals surface area (Å²) < 4.78 is 4.50. The van der Waals surface area contributed by atoms with Gasteiger partial charge in [0.1, 0.15) is 11.2 Å². The van der Waals surface area contributed by atoms with Crippen LogP contribution in [0.25, 0.3) is 88.5 Å². The van der Waals surface area contributed by atoms with E-state index in [4.69, 9.17) is 15.0 Å². The van der Waals surface area contributed by atoms with E-state index in [1.165, 1.54) is 16.3 Å². The molecule has 0 saturated carbocycles. The third-order valence-corrected chi connectivity index (χ3v) is 9.17. The van der Waals surface area contributed by atoms with Gasteiger partial charge in [-0.1, -0.05) is 109 Å². The van der Waals surface area contributed by atoms with Crippen molar-refractivity contribution in [2.45, 2.75) is 0 Å². The summed E-state index contributed by atoms with van der Waals surface area (Å²) in [7, 11) is 0. The predicted molar refractivity (Wildman–Crippen MR) is 189 cm³/mol. The molecule has 0 radical (unpaired) electrons. The van der Waals surface area contributed by atoms with Crippen LogP contribution >= 0.6 is 0 Å². The van der Waals surface area contributed by atoms with Gasteiger partial charge in [0.2, 0.25) is 5.95 Å². The van der Waals surface area contributed by atoms with Crippen molar-refractivity contribution in [2.75, 3.05) is 0 Å². The summed E-state index contributed by atoms with van der Waals surface area (Å²) >= 11 is 0. The topological polar surface area (TPSA) is 48.0 Å². The van der Waals surface area contributed by atoms with Crippen molar-refractivity contribution in [3.8, 4) is 28.3 Å². The Morgan fingerprint density at radius 3 is 1.96 bits per heavy atom. The largest absolute Gasteiger partial charge is 0.292 e. The van der Waals surface area contributed by atoms with E-state index in [1.54, 1.807) is 0 Å². The quantitative estimate of drug-likeness (QED) is 0.193. The number of aromatic nitrogens is 5. The number of hydrogen-bond acceptors (Lipinski definition) is 3. The van der Waals surface area contributed by atoms with E-state index in [0.29, 0.717) is 5.95 Å². The zero-order chi connectivity index (χ0) is 30.2. The number of para-hydroxylation sites is 2. The highest BCUT2D eigenvalue weighted by molar-refractivity contribution is 6.20. The van der Waals surface area contributed by atoms with Crippen LogP contribution in [0.2, 0.25) is 0 Å². The predicted octanol–water partition coefficient (Wildman–Crippen LogP) is 10.0. The normalized spacial score (nSPS) is 11.9. The van der Waals surface area contributed by atoms with E-state index in [-0.39, 0.29) is 0 Å². The molecule has 5 heteroatoms. The van der Waals surface area contributed by atoms with Crippen LogP contribution in [-0.4, -0.2) is 23.9 Å². The van der Waals surface area contributed by atoms with Gasteiger partial charge in [0.05, 0.1) is 27.8 Å². The Labute approximate surface area is 263 Å². The Bertz CT molecular complexity index is 2810. The summed E-state index contributed by atoms with van der Waals surface area (Å²) in [4.78, 5) is 15.5. The highest BCUT2D eigenvalue weighted by atomic mass is 15.2. The number of pyridine rings is 1. The van der Waals surface area contributed by atoms with Gasteiger partial charge in [-0.2, -0.15) is 0 Å². The Morgan fingerprint density at radius 2 is 1.11 bits per heavy atom. The summed E-state index contributed by atoms with van der Waals surface area (Å²) in [6.45, 7) is 0. The Hall–Kier alpha value is -6.33. The molecule has 46 heavy (non-hydrogen) atoms. The van der Waals surface area contributed by atoms with Gasteiger partial charge in [-0.05, 0) is 52.9 Å². The fraction of sp³-hybridized carbons (Fsp3) is 0. The van der Waals surface area contributed by atoms with E-state index < -0.39 is 0 Å². The number of hydrogen-bond donors (Lipinski definition) is 0. The molecule has 4 aromatic heterocycles. The molecule has 0 bridgehead atoms. The van der Waals surface area contributed by atoms with E-state index in [1.807, 2.05) is 18.3 Å². The second kappa shape index (κ2) is 9.58. The standard InChI is InChI=1S/C41H25N5/c1-2-11-26(12-3-1)27-13-10-14-28(25-27)34-23-24-42-41(43-34)46-36-20-9-7-17-31(36)32-21-22-37-38(39(32)46)44-40-33-18-5-4-15-29(33)30-16-6-8-19-35(30)45(37)40/h1-25H. The molecule has 0 aliphatic carbocycles. The molecule has 0 unspecified atom stereocenters. The minimum Gasteiger partial charge on any atom is -0.292 e. The molecule has 214 valence electrons. The van der Waals surface area contributed by atoms with E-state index in [2.05, 4.69) is 142 Å². The lowest BCUT2D eigenvalue weighted by atomic mass is 10.0. The Balaban J connectivity index is 1.28. The van der Waals surface area contributed by atoms with Gasteiger partial charge in [0, 0.05) is 33.3 Å². The fourth-order valence-corrected chi connectivity index (χ4v) is 7.14. The average Bonchev–Trinajstić information content (AvgIpc) is 3.69. The van der Waals surface area contributed by atoms with E-state index in [9.17, 15) is 0 Å². The lowest BCUT2D eigenvalue weighted by Crippen LogP contribution is -2.02. The highest BCUT2D eigenvalue weighted by Gasteiger charge is 2.21. The fourth-order valence-electron chi connectivity index (χ4n) is 7.14. The molecular formula is C41H25N5. The first-order valence-corrected chi connectivity index (χ1v) is 15.5. The summed E-state index contributed by atoms with van der Waals surface area (Å²) in [6.07, 6.45) is 1.86. The summed E-state index contributed by atoms with van der Waals surface area (Å²) in [5.74, 6) is 0.619. The zero-order valence-electron chi connectivity index (χ0n) is 24.7. The van der Waals surface area contributed by atoms with E-state index in [0.717, 1.165) is 66.2 Å². The lowest BCUT2D eigenvalue weighted by Gasteiger charge is -2.10. The maximum absolute atomic E-state index is 5.42. The smallest absolute Gasteiger partial charge is 0.235 e. The van der Waals surface area contributed by atoms with Crippen molar-refractivity contribution in [3.63, 3.8) is 0 Å². The van der Waals surface area contributed by atoms with Crippen LogP contribution in [0.5, 0.6) is 0 Å². The number of benzene rings is 6. The Morgan fingerprint density at radius 1 is 0.435 bits per heavy atom. The molecule has 10 aromatic rings. The van der Waals surface area contributed by atoms with Crippen LogP contribution < -0.4 is 0 Å². The first-order chi connectivity index (χ1) is 22.8. The first-order valence-electron chi connectivity index (χ1n) is 15.5. The molecule has 0 amide bonds. The lowest BCUT2D eigenvalue weighted by molar-refractivity contribution is 0.993. The molecule has 0 spiro atoms. The van der Waals surface area contributed by atoms with Gasteiger partial charge < -0.3 is 0 Å². The van der Waals surface area contributed by atoms with Gasteiger partial charge >= 0.3 is 0 Å². The number of nitrogens with zero attached hydrogens (tertiary/aromatic N) is 5. The van der Waals surface area contributed by atoms with Crippen molar-refractivity contribution in [2.24, 2.45) is 0 Å². The minimum absolute atomic E-state index is 0.619. The Kier molecular flexibility index (Phi) is 5.22. The van der Waals surface area contributed by atoms with Crippen molar-refractivity contribution in [1.82, 2.24) is 23.9 Å². The first kappa shape index (κ1) is 25.0. The number of rotatable bonds is 3. The number of imidazole rings is 1. The van der Waals surface area contributed by atoms with Crippen LogP contribution in [0.4, 0.5) is 0 Å². The van der Waals surface area contributed by atoms with Gasteiger partial charge in [0.15, 0.2) is 0 Å². The second-order valence-corrected chi connectivity index (χ2v) is 11.7. The molecule has 0 N–H and O–H groups in total. The molecule has 0 aliphatic heterocycles. The van der Waals surface area contributed by atoms with Crippen molar-refractivity contribution < 1.29 is 0 Å². The van der Waals surface area contributed by atoms with Crippen LogP contribution in [0, 0.1) is 0 Å². The molecule has 0 saturated heterocycles. The third-order valence-electron chi connectivity index (χ3n) is 9.17. The van der Waals surface area contributed by atoms with Crippen LogP contribution in [0.3, 0.4) is 0 Å².